The summed E-state index contributed by atoms with van der Waals surface area (Å²) in [6, 6.07) is 0.634. The van der Waals surface area contributed by atoms with Crippen LogP contribution < -0.4 is 5.32 Å². The normalized spacial score (nSPS) is 30.1. The molecule has 3 atom stereocenters. The molecule has 0 bridgehead atoms. The molecule has 3 rings (SSSR count). The molecule has 0 spiro atoms. The van der Waals surface area contributed by atoms with E-state index in [2.05, 4.69) is 61.4 Å². The minimum atomic E-state index is 0.486. The molecule has 0 aromatic heterocycles. The summed E-state index contributed by atoms with van der Waals surface area (Å²) in [5.41, 5.74) is 6.41. The number of rotatable bonds is 4. The van der Waals surface area contributed by atoms with Crippen LogP contribution in [0.2, 0.25) is 0 Å². The van der Waals surface area contributed by atoms with Gasteiger partial charge in [-0.05, 0) is 87.8 Å². The highest BCUT2D eigenvalue weighted by Gasteiger charge is 2.33. The standard InChI is InChI=1S/C25H38N2/c1-5-21(15-16-26-4)22-12-9-13-23(18-22)27-17-7-6-10-19(2)25-20(3)11-8-14-24(25)27/h5,9,12-13,15-16,19,22,24,26H,6-8,10-11,14,17-18H2,1-4H3/b16-15-,21-5+. The fourth-order valence-electron chi connectivity index (χ4n) is 5.32. The van der Waals surface area contributed by atoms with Gasteiger partial charge in [0, 0.05) is 25.2 Å². The van der Waals surface area contributed by atoms with Crippen LogP contribution in [0.5, 0.6) is 0 Å². The molecule has 0 aromatic rings. The Bertz CT molecular complexity index is 662. The van der Waals surface area contributed by atoms with Crippen molar-refractivity contribution in [3.05, 3.63) is 59.0 Å². The van der Waals surface area contributed by atoms with Crippen LogP contribution >= 0.6 is 0 Å². The minimum Gasteiger partial charge on any atom is -0.394 e. The van der Waals surface area contributed by atoms with Crippen LogP contribution in [-0.4, -0.2) is 24.5 Å². The molecule has 1 heterocycles. The zero-order chi connectivity index (χ0) is 19.2. The summed E-state index contributed by atoms with van der Waals surface area (Å²) in [5.74, 6) is 1.23. The van der Waals surface area contributed by atoms with Gasteiger partial charge in [-0.2, -0.15) is 0 Å². The first-order valence-electron chi connectivity index (χ1n) is 11.0. The van der Waals surface area contributed by atoms with E-state index in [1.54, 1.807) is 16.8 Å². The maximum absolute atomic E-state index is 3.13. The Morgan fingerprint density at radius 2 is 2.07 bits per heavy atom. The Labute approximate surface area is 166 Å². The number of nitrogens with zero attached hydrogens (tertiary/aromatic N) is 1. The van der Waals surface area contributed by atoms with Crippen LogP contribution in [-0.2, 0) is 0 Å². The van der Waals surface area contributed by atoms with Crippen molar-refractivity contribution in [1.82, 2.24) is 10.2 Å². The molecular formula is C25H38N2. The van der Waals surface area contributed by atoms with E-state index in [0.717, 1.165) is 12.3 Å². The van der Waals surface area contributed by atoms with Crippen molar-refractivity contribution in [1.29, 1.82) is 0 Å². The topological polar surface area (TPSA) is 15.3 Å². The molecule has 2 aliphatic carbocycles. The molecule has 0 radical (unpaired) electrons. The Morgan fingerprint density at radius 1 is 1.22 bits per heavy atom. The Morgan fingerprint density at radius 3 is 2.85 bits per heavy atom. The van der Waals surface area contributed by atoms with E-state index < -0.39 is 0 Å². The highest BCUT2D eigenvalue weighted by molar-refractivity contribution is 5.34. The van der Waals surface area contributed by atoms with Crippen molar-refractivity contribution in [2.24, 2.45) is 11.8 Å². The highest BCUT2D eigenvalue weighted by atomic mass is 15.2. The minimum absolute atomic E-state index is 0.486. The molecule has 0 amide bonds. The van der Waals surface area contributed by atoms with Crippen molar-refractivity contribution in [2.45, 2.75) is 71.8 Å². The Kier molecular flexibility index (Phi) is 7.04. The summed E-state index contributed by atoms with van der Waals surface area (Å²) < 4.78 is 0. The first kappa shape index (κ1) is 20.0. The van der Waals surface area contributed by atoms with Gasteiger partial charge in [-0.1, -0.05) is 37.1 Å². The van der Waals surface area contributed by atoms with E-state index in [9.17, 15) is 0 Å². The maximum atomic E-state index is 3.13. The molecule has 1 aliphatic heterocycles. The molecular weight excluding hydrogens is 328 g/mol. The molecule has 1 fully saturated rings. The number of hydrogen-bond donors (Lipinski definition) is 1. The van der Waals surface area contributed by atoms with Gasteiger partial charge in [0.05, 0.1) is 6.04 Å². The number of hydrogen-bond acceptors (Lipinski definition) is 2. The van der Waals surface area contributed by atoms with E-state index in [0.29, 0.717) is 12.0 Å². The van der Waals surface area contributed by atoms with Crippen molar-refractivity contribution in [2.75, 3.05) is 13.6 Å². The van der Waals surface area contributed by atoms with E-state index in [4.69, 9.17) is 0 Å². The van der Waals surface area contributed by atoms with Gasteiger partial charge in [0.15, 0.2) is 0 Å². The summed E-state index contributed by atoms with van der Waals surface area (Å²) >= 11 is 0. The van der Waals surface area contributed by atoms with Gasteiger partial charge < -0.3 is 10.2 Å². The van der Waals surface area contributed by atoms with Crippen LogP contribution in [0.1, 0.15) is 65.7 Å². The fraction of sp³-hybridized carbons (Fsp3) is 0.600. The lowest BCUT2D eigenvalue weighted by Gasteiger charge is -2.44. The molecule has 2 nitrogen and oxygen atoms in total. The van der Waals surface area contributed by atoms with Crippen LogP contribution in [0.15, 0.2) is 59.0 Å². The first-order chi connectivity index (χ1) is 13.2. The molecule has 3 unspecified atom stereocenters. The lowest BCUT2D eigenvalue weighted by Crippen LogP contribution is -2.42. The smallest absolute Gasteiger partial charge is 0.0504 e. The predicted octanol–water partition coefficient (Wildman–Crippen LogP) is 6.12. The summed E-state index contributed by atoms with van der Waals surface area (Å²) in [7, 11) is 1.96. The van der Waals surface area contributed by atoms with E-state index >= 15 is 0 Å². The summed E-state index contributed by atoms with van der Waals surface area (Å²) in [4.78, 5) is 2.79. The second-order valence-electron chi connectivity index (χ2n) is 8.50. The number of nitrogens with one attached hydrogen (secondary N) is 1. The summed E-state index contributed by atoms with van der Waals surface area (Å²) in [6.07, 6.45) is 22.8. The summed E-state index contributed by atoms with van der Waals surface area (Å²) in [5, 5.41) is 3.13. The average molecular weight is 367 g/mol. The third-order valence-electron chi connectivity index (χ3n) is 6.71. The number of fused-ring (bicyclic) bond motifs is 1. The first-order valence-corrected chi connectivity index (χ1v) is 11.0. The molecule has 0 aromatic carbocycles. The van der Waals surface area contributed by atoms with Gasteiger partial charge >= 0.3 is 0 Å². The van der Waals surface area contributed by atoms with Gasteiger partial charge in [0.1, 0.15) is 0 Å². The summed E-state index contributed by atoms with van der Waals surface area (Å²) in [6.45, 7) is 8.25. The third-order valence-corrected chi connectivity index (χ3v) is 6.71. The lowest BCUT2D eigenvalue weighted by atomic mass is 9.77. The maximum Gasteiger partial charge on any atom is 0.0504 e. The lowest BCUT2D eigenvalue weighted by molar-refractivity contribution is 0.211. The van der Waals surface area contributed by atoms with Gasteiger partial charge in [-0.15, -0.1) is 0 Å². The molecule has 1 saturated heterocycles. The second-order valence-corrected chi connectivity index (χ2v) is 8.50. The number of allylic oxidation sites excluding steroid dienone is 8. The predicted molar refractivity (Wildman–Crippen MR) is 117 cm³/mol. The van der Waals surface area contributed by atoms with Crippen molar-refractivity contribution < 1.29 is 0 Å². The Hall–Kier alpha value is -1.70. The zero-order valence-electron chi connectivity index (χ0n) is 17.8. The van der Waals surface area contributed by atoms with E-state index in [1.165, 1.54) is 50.6 Å². The van der Waals surface area contributed by atoms with E-state index in [-0.39, 0.29) is 0 Å². The van der Waals surface area contributed by atoms with Crippen LogP contribution in [0, 0.1) is 11.8 Å². The third kappa shape index (κ3) is 4.59. The van der Waals surface area contributed by atoms with Crippen molar-refractivity contribution >= 4 is 0 Å². The van der Waals surface area contributed by atoms with E-state index in [1.807, 2.05) is 13.2 Å². The fourth-order valence-corrected chi connectivity index (χ4v) is 5.32. The average Bonchev–Trinajstić information content (AvgIpc) is 2.67. The van der Waals surface area contributed by atoms with Crippen LogP contribution in [0.3, 0.4) is 0 Å². The van der Waals surface area contributed by atoms with Gasteiger partial charge in [0.2, 0.25) is 0 Å². The monoisotopic (exact) mass is 366 g/mol. The molecule has 1 N–H and O–H groups in total. The van der Waals surface area contributed by atoms with Crippen LogP contribution in [0.4, 0.5) is 0 Å². The molecule has 0 saturated carbocycles. The highest BCUT2D eigenvalue weighted by Crippen LogP contribution is 2.40. The second kappa shape index (κ2) is 9.48. The zero-order valence-corrected chi connectivity index (χ0v) is 17.8. The number of likely N-dealkylation sites (tertiary alicyclic amines) is 1. The molecule has 148 valence electrons. The van der Waals surface area contributed by atoms with Gasteiger partial charge in [-0.25, -0.2) is 0 Å². The molecule has 27 heavy (non-hydrogen) atoms. The molecule has 3 aliphatic rings. The van der Waals surface area contributed by atoms with Crippen molar-refractivity contribution in [3.63, 3.8) is 0 Å². The van der Waals surface area contributed by atoms with Gasteiger partial charge in [0.25, 0.3) is 0 Å². The van der Waals surface area contributed by atoms with Gasteiger partial charge in [-0.3, -0.25) is 0 Å². The quantitative estimate of drug-likeness (QED) is 0.476. The Balaban J connectivity index is 1.85. The molecule has 2 heteroatoms. The van der Waals surface area contributed by atoms with Crippen LogP contribution in [0.25, 0.3) is 0 Å². The van der Waals surface area contributed by atoms with Crippen molar-refractivity contribution in [3.8, 4) is 0 Å². The largest absolute Gasteiger partial charge is 0.394 e. The SMILES string of the molecule is C/C=C(\C=C/NC)C1C=CC=C(N2CCCCC(C)C3=C(C)CCCC32)C1.